The zero-order chi connectivity index (χ0) is 14.9. The molecule has 2 fully saturated rings. The van der Waals surface area contributed by atoms with Crippen LogP contribution in [0.4, 0.5) is 0 Å². The highest BCUT2D eigenvalue weighted by molar-refractivity contribution is 5.33. The summed E-state index contributed by atoms with van der Waals surface area (Å²) in [6.07, 6.45) is 0. The fraction of sp³-hybridized carbons (Fsp3) is 0.647. The third-order valence-electron chi connectivity index (χ3n) is 4.81. The second-order valence-electron chi connectivity index (χ2n) is 6.79. The van der Waals surface area contributed by atoms with E-state index in [1.54, 1.807) is 7.11 Å². The lowest BCUT2D eigenvalue weighted by Gasteiger charge is -2.30. The molecule has 21 heavy (non-hydrogen) atoms. The molecule has 2 aliphatic heterocycles. The fourth-order valence-corrected chi connectivity index (χ4v) is 3.99. The number of hydrogen-bond donors (Lipinski definition) is 0. The van der Waals surface area contributed by atoms with Crippen molar-refractivity contribution in [2.24, 2.45) is 11.3 Å². The normalized spacial score (nSPS) is 29.0. The van der Waals surface area contributed by atoms with Gasteiger partial charge in [0.15, 0.2) is 0 Å². The van der Waals surface area contributed by atoms with Crippen LogP contribution in [0.2, 0.25) is 0 Å². The molecule has 0 aliphatic carbocycles. The largest absolute Gasteiger partial charge is 0.496 e. The number of hydrogen-bond acceptors (Lipinski definition) is 4. The monoisotopic (exact) mass is 290 g/mol. The van der Waals surface area contributed by atoms with Crippen LogP contribution >= 0.6 is 0 Å². The van der Waals surface area contributed by atoms with Gasteiger partial charge in [0.25, 0.3) is 0 Å². The molecular weight excluding hydrogens is 264 g/mol. The molecule has 2 aliphatic rings. The van der Waals surface area contributed by atoms with Crippen molar-refractivity contribution in [2.75, 3.05) is 54.1 Å². The van der Waals surface area contributed by atoms with E-state index >= 15 is 0 Å². The minimum Gasteiger partial charge on any atom is -0.496 e. The Kier molecular flexibility index (Phi) is 4.20. The van der Waals surface area contributed by atoms with Gasteiger partial charge in [0.05, 0.1) is 20.3 Å². The predicted octanol–water partition coefficient (Wildman–Crippen LogP) is 1.71. The third kappa shape index (κ3) is 2.93. The van der Waals surface area contributed by atoms with E-state index in [1.807, 2.05) is 12.1 Å². The van der Waals surface area contributed by atoms with Gasteiger partial charge in [-0.2, -0.15) is 0 Å². The van der Waals surface area contributed by atoms with Gasteiger partial charge in [0.2, 0.25) is 0 Å². The van der Waals surface area contributed by atoms with Crippen LogP contribution in [0.15, 0.2) is 24.3 Å². The number of rotatable bonds is 5. The number of nitrogens with zero attached hydrogens (tertiary/aromatic N) is 2. The molecule has 1 aromatic rings. The number of fused-ring (bicyclic) bond motifs is 1. The molecule has 0 radical (unpaired) electrons. The number of likely N-dealkylation sites (tertiary alicyclic amines) is 1. The van der Waals surface area contributed by atoms with Gasteiger partial charge in [-0.15, -0.1) is 0 Å². The molecule has 3 rings (SSSR count). The summed E-state index contributed by atoms with van der Waals surface area (Å²) in [6, 6.07) is 8.34. The molecule has 0 N–H and O–H groups in total. The molecule has 1 aromatic carbocycles. The Bertz CT molecular complexity index is 491. The minimum absolute atomic E-state index is 0.311. The Labute approximate surface area is 127 Å². The molecule has 2 saturated heterocycles. The van der Waals surface area contributed by atoms with Gasteiger partial charge < -0.3 is 14.4 Å². The van der Waals surface area contributed by atoms with Gasteiger partial charge in [-0.25, -0.2) is 0 Å². The van der Waals surface area contributed by atoms with Crippen molar-refractivity contribution in [2.45, 2.75) is 6.54 Å². The molecule has 0 saturated carbocycles. The SMILES string of the molecule is COc1ccccc1CN1C[C@@H]2COC[C@]2(CN(C)C)C1. The maximum Gasteiger partial charge on any atom is 0.123 e. The van der Waals surface area contributed by atoms with E-state index in [0.717, 1.165) is 45.1 Å². The van der Waals surface area contributed by atoms with E-state index in [1.165, 1.54) is 5.56 Å². The number of ether oxygens (including phenoxy) is 2. The molecule has 116 valence electrons. The first-order valence-corrected chi connectivity index (χ1v) is 7.70. The minimum atomic E-state index is 0.311. The van der Waals surface area contributed by atoms with Crippen molar-refractivity contribution >= 4 is 0 Å². The summed E-state index contributed by atoms with van der Waals surface area (Å²) in [5, 5.41) is 0. The number of methoxy groups -OCH3 is 1. The maximum absolute atomic E-state index is 5.78. The van der Waals surface area contributed by atoms with Crippen molar-refractivity contribution < 1.29 is 9.47 Å². The summed E-state index contributed by atoms with van der Waals surface area (Å²) >= 11 is 0. The Morgan fingerprint density at radius 1 is 1.38 bits per heavy atom. The van der Waals surface area contributed by atoms with E-state index in [4.69, 9.17) is 9.47 Å². The lowest BCUT2D eigenvalue weighted by Crippen LogP contribution is -2.40. The molecule has 2 atom stereocenters. The van der Waals surface area contributed by atoms with E-state index in [0.29, 0.717) is 11.3 Å². The van der Waals surface area contributed by atoms with Crippen LogP contribution in [-0.4, -0.2) is 63.9 Å². The highest BCUT2D eigenvalue weighted by Crippen LogP contribution is 2.42. The van der Waals surface area contributed by atoms with Gasteiger partial charge in [-0.3, -0.25) is 4.90 Å². The van der Waals surface area contributed by atoms with Gasteiger partial charge in [0.1, 0.15) is 5.75 Å². The van der Waals surface area contributed by atoms with Gasteiger partial charge in [-0.05, 0) is 20.2 Å². The molecule has 2 heterocycles. The average Bonchev–Trinajstić information content (AvgIpc) is 2.94. The summed E-state index contributed by atoms with van der Waals surface area (Å²) in [5.74, 6) is 1.65. The fourth-order valence-electron chi connectivity index (χ4n) is 3.99. The summed E-state index contributed by atoms with van der Waals surface area (Å²) in [7, 11) is 6.07. The van der Waals surface area contributed by atoms with Crippen LogP contribution in [0.3, 0.4) is 0 Å². The molecule has 0 amide bonds. The van der Waals surface area contributed by atoms with Gasteiger partial charge >= 0.3 is 0 Å². The second kappa shape index (κ2) is 5.95. The quantitative estimate of drug-likeness (QED) is 0.824. The molecule has 0 unspecified atom stereocenters. The Morgan fingerprint density at radius 2 is 2.19 bits per heavy atom. The first-order valence-electron chi connectivity index (χ1n) is 7.70. The van der Waals surface area contributed by atoms with Crippen LogP contribution in [0, 0.1) is 11.3 Å². The zero-order valence-corrected chi connectivity index (χ0v) is 13.3. The van der Waals surface area contributed by atoms with Gasteiger partial charge in [-0.1, -0.05) is 18.2 Å². The van der Waals surface area contributed by atoms with Crippen LogP contribution in [0.1, 0.15) is 5.56 Å². The topological polar surface area (TPSA) is 24.9 Å². The van der Waals surface area contributed by atoms with E-state index < -0.39 is 0 Å². The lowest BCUT2D eigenvalue weighted by molar-refractivity contribution is 0.109. The maximum atomic E-state index is 5.78. The number of para-hydroxylation sites is 1. The summed E-state index contributed by atoms with van der Waals surface area (Å²) in [5.41, 5.74) is 1.59. The highest BCUT2D eigenvalue weighted by atomic mass is 16.5. The van der Waals surface area contributed by atoms with Crippen LogP contribution in [-0.2, 0) is 11.3 Å². The molecule has 0 spiro atoms. The Hall–Kier alpha value is -1.10. The average molecular weight is 290 g/mol. The van der Waals surface area contributed by atoms with Crippen molar-refractivity contribution in [3.05, 3.63) is 29.8 Å². The van der Waals surface area contributed by atoms with Crippen molar-refractivity contribution in [3.8, 4) is 5.75 Å². The highest BCUT2D eigenvalue weighted by Gasteiger charge is 2.50. The van der Waals surface area contributed by atoms with E-state index in [9.17, 15) is 0 Å². The van der Waals surface area contributed by atoms with Crippen molar-refractivity contribution in [3.63, 3.8) is 0 Å². The Morgan fingerprint density at radius 3 is 2.95 bits per heavy atom. The third-order valence-corrected chi connectivity index (χ3v) is 4.81. The summed E-state index contributed by atoms with van der Waals surface area (Å²) in [4.78, 5) is 4.86. The van der Waals surface area contributed by atoms with E-state index in [2.05, 4.69) is 36.0 Å². The first kappa shape index (κ1) is 14.8. The molecular formula is C17H26N2O2. The number of benzene rings is 1. The summed E-state index contributed by atoms with van der Waals surface area (Å²) < 4.78 is 11.3. The second-order valence-corrected chi connectivity index (χ2v) is 6.79. The molecule has 4 nitrogen and oxygen atoms in total. The Balaban J connectivity index is 1.71. The summed E-state index contributed by atoms with van der Waals surface area (Å²) in [6.45, 7) is 6.14. The molecule has 0 bridgehead atoms. The standard InChI is InChI=1S/C17H26N2O2/c1-18(2)11-17-12-19(9-15(17)10-21-13-17)8-14-6-4-5-7-16(14)20-3/h4-7,15H,8-13H2,1-3H3/t15-,17+/m1/s1. The smallest absolute Gasteiger partial charge is 0.123 e. The van der Waals surface area contributed by atoms with Crippen LogP contribution in [0.5, 0.6) is 5.75 Å². The predicted molar refractivity (Wildman–Crippen MR) is 83.6 cm³/mol. The van der Waals surface area contributed by atoms with Crippen molar-refractivity contribution in [1.29, 1.82) is 0 Å². The first-order chi connectivity index (χ1) is 10.1. The van der Waals surface area contributed by atoms with Crippen LogP contribution in [0.25, 0.3) is 0 Å². The molecule has 4 heteroatoms. The van der Waals surface area contributed by atoms with Gasteiger partial charge in [0, 0.05) is 43.1 Å². The van der Waals surface area contributed by atoms with Crippen molar-refractivity contribution in [1.82, 2.24) is 9.80 Å². The van der Waals surface area contributed by atoms with E-state index in [-0.39, 0.29) is 0 Å². The zero-order valence-electron chi connectivity index (χ0n) is 13.3. The molecule has 0 aromatic heterocycles. The van der Waals surface area contributed by atoms with Crippen LogP contribution < -0.4 is 4.74 Å². The lowest BCUT2D eigenvalue weighted by atomic mass is 9.81.